The van der Waals surface area contributed by atoms with Gasteiger partial charge in [-0.25, -0.2) is 0 Å². The molecule has 2 nitrogen and oxygen atoms in total. The summed E-state index contributed by atoms with van der Waals surface area (Å²) in [7, 11) is 0. The summed E-state index contributed by atoms with van der Waals surface area (Å²) in [4.78, 5) is 6.82. The fourth-order valence-electron chi connectivity index (χ4n) is 2.98. The van der Waals surface area contributed by atoms with E-state index in [9.17, 15) is 0 Å². The molecule has 0 aromatic heterocycles. The van der Waals surface area contributed by atoms with Gasteiger partial charge < -0.3 is 4.90 Å². The summed E-state index contributed by atoms with van der Waals surface area (Å²) in [6.45, 7) is 1.45. The van der Waals surface area contributed by atoms with Crippen LogP contribution in [0.5, 0.6) is 0 Å². The number of para-hydroxylation sites is 1. The summed E-state index contributed by atoms with van der Waals surface area (Å²) >= 11 is 18.3. The van der Waals surface area contributed by atoms with E-state index in [-0.39, 0.29) is 0 Å². The number of benzene rings is 3. The molecule has 0 fully saturated rings. The average molecular weight is 432 g/mol. The third-order valence-electron chi connectivity index (χ3n) is 4.39. The molecule has 0 aliphatic carbocycles. The van der Waals surface area contributed by atoms with Crippen molar-refractivity contribution in [2.75, 3.05) is 29.7 Å². The minimum atomic E-state index is 0.536. The van der Waals surface area contributed by atoms with Gasteiger partial charge in [-0.3, -0.25) is 4.99 Å². The zero-order valence-corrected chi connectivity index (χ0v) is 17.6. The molecule has 0 unspecified atom stereocenters. The Labute approximate surface area is 181 Å². The van der Waals surface area contributed by atoms with E-state index in [1.54, 1.807) is 6.21 Å². The molecule has 3 rings (SSSR count). The number of hydrogen-bond donors (Lipinski definition) is 0. The monoisotopic (exact) mass is 430 g/mol. The Kier molecular flexibility index (Phi) is 7.79. The third kappa shape index (κ3) is 5.29. The molecule has 0 atom stereocenters. The van der Waals surface area contributed by atoms with Gasteiger partial charge in [0.25, 0.3) is 0 Å². The fraction of sp³-hybridized carbons (Fsp3) is 0.174. The van der Waals surface area contributed by atoms with Gasteiger partial charge >= 0.3 is 0 Å². The van der Waals surface area contributed by atoms with Crippen LogP contribution in [-0.4, -0.2) is 31.1 Å². The molecule has 0 saturated heterocycles. The van der Waals surface area contributed by atoms with Crippen molar-refractivity contribution in [1.82, 2.24) is 0 Å². The van der Waals surface area contributed by atoms with Crippen molar-refractivity contribution in [2.45, 2.75) is 0 Å². The number of alkyl halides is 2. The van der Waals surface area contributed by atoms with Crippen LogP contribution >= 0.6 is 34.8 Å². The number of aliphatic imine (C=N–C) groups is 1. The summed E-state index contributed by atoms with van der Waals surface area (Å²) in [6, 6.07) is 24.2. The van der Waals surface area contributed by atoms with Crippen LogP contribution in [0.25, 0.3) is 11.1 Å². The lowest BCUT2D eigenvalue weighted by molar-refractivity contribution is 0.874. The number of halogens is 3. The maximum atomic E-state index is 6.51. The lowest BCUT2D eigenvalue weighted by atomic mass is 10.0. The minimum absolute atomic E-state index is 0.536. The van der Waals surface area contributed by atoms with Crippen LogP contribution in [0.3, 0.4) is 0 Å². The van der Waals surface area contributed by atoms with Gasteiger partial charge in [-0.2, -0.15) is 0 Å². The van der Waals surface area contributed by atoms with Gasteiger partial charge in [0, 0.05) is 47.9 Å². The largest absolute Gasteiger partial charge is 0.369 e. The summed E-state index contributed by atoms with van der Waals surface area (Å²) in [5.41, 5.74) is 5.00. The van der Waals surface area contributed by atoms with Crippen LogP contribution in [0.2, 0.25) is 5.02 Å². The van der Waals surface area contributed by atoms with Gasteiger partial charge in [0.1, 0.15) is 0 Å². The first-order chi connectivity index (χ1) is 13.7. The Morgan fingerprint density at radius 3 is 2.18 bits per heavy atom. The third-order valence-corrected chi connectivity index (χ3v) is 5.06. The van der Waals surface area contributed by atoms with E-state index in [1.165, 1.54) is 0 Å². The fourth-order valence-corrected chi connectivity index (χ4v) is 3.61. The zero-order chi connectivity index (χ0) is 19.8. The van der Waals surface area contributed by atoms with E-state index in [4.69, 9.17) is 39.8 Å². The van der Waals surface area contributed by atoms with E-state index < -0.39 is 0 Å². The van der Waals surface area contributed by atoms with E-state index in [0.29, 0.717) is 16.8 Å². The second-order valence-corrected chi connectivity index (χ2v) is 7.38. The Bertz CT molecular complexity index is 920. The molecule has 0 heterocycles. The SMILES string of the molecule is ClCCN(CCCl)c1ccc(C=Nc2ccccc2-c2ccccc2)c(Cl)c1. The van der Waals surface area contributed by atoms with Crippen molar-refractivity contribution < 1.29 is 0 Å². The molecular formula is C23H21Cl3N2. The van der Waals surface area contributed by atoms with Gasteiger partial charge in [-0.05, 0) is 29.8 Å². The highest BCUT2D eigenvalue weighted by atomic mass is 35.5. The maximum Gasteiger partial charge on any atom is 0.0708 e. The van der Waals surface area contributed by atoms with Gasteiger partial charge in [0.05, 0.1) is 10.7 Å². The molecule has 0 amide bonds. The van der Waals surface area contributed by atoms with Crippen molar-refractivity contribution in [2.24, 2.45) is 4.99 Å². The number of nitrogens with zero attached hydrogens (tertiary/aromatic N) is 2. The van der Waals surface area contributed by atoms with Gasteiger partial charge in [0.2, 0.25) is 0 Å². The summed E-state index contributed by atoms with van der Waals surface area (Å²) in [5, 5.41) is 0.646. The Morgan fingerprint density at radius 2 is 1.50 bits per heavy atom. The summed E-state index contributed by atoms with van der Waals surface area (Å²) < 4.78 is 0. The molecule has 0 bridgehead atoms. The van der Waals surface area contributed by atoms with Crippen molar-refractivity contribution in [3.8, 4) is 11.1 Å². The van der Waals surface area contributed by atoms with E-state index in [2.05, 4.69) is 23.1 Å². The molecule has 5 heteroatoms. The zero-order valence-electron chi connectivity index (χ0n) is 15.4. The van der Waals surface area contributed by atoms with Crippen LogP contribution < -0.4 is 4.90 Å². The van der Waals surface area contributed by atoms with Crippen LogP contribution in [0, 0.1) is 0 Å². The predicted octanol–water partition coefficient (Wildman–Crippen LogP) is 7.04. The number of rotatable bonds is 8. The first-order valence-corrected chi connectivity index (χ1v) is 10.5. The van der Waals surface area contributed by atoms with Crippen molar-refractivity contribution in [1.29, 1.82) is 0 Å². The molecule has 0 saturated carbocycles. The predicted molar refractivity (Wildman–Crippen MR) is 124 cm³/mol. The summed E-state index contributed by atoms with van der Waals surface area (Å²) in [6.07, 6.45) is 1.81. The van der Waals surface area contributed by atoms with E-state index in [0.717, 1.165) is 41.2 Å². The standard InChI is InChI=1S/C23H21Cl3N2/c24-12-14-28(15-13-25)20-11-10-19(22(26)16-20)17-27-23-9-5-4-8-21(23)18-6-2-1-3-7-18/h1-11,16-17H,12-15H2. The Morgan fingerprint density at radius 1 is 0.821 bits per heavy atom. The molecule has 0 N–H and O–H groups in total. The summed E-state index contributed by atoms with van der Waals surface area (Å²) in [5.74, 6) is 1.07. The van der Waals surface area contributed by atoms with Gasteiger partial charge in [0.15, 0.2) is 0 Å². The Hall–Kier alpha value is -2.00. The lowest BCUT2D eigenvalue weighted by Gasteiger charge is -2.23. The molecule has 3 aromatic carbocycles. The van der Waals surface area contributed by atoms with E-state index in [1.807, 2.05) is 54.6 Å². The van der Waals surface area contributed by atoms with Crippen molar-refractivity contribution in [3.63, 3.8) is 0 Å². The lowest BCUT2D eigenvalue weighted by Crippen LogP contribution is -2.27. The quantitative estimate of drug-likeness (QED) is 0.276. The molecule has 3 aromatic rings. The van der Waals surface area contributed by atoms with Gasteiger partial charge in [-0.1, -0.05) is 60.1 Å². The number of hydrogen-bond acceptors (Lipinski definition) is 2. The van der Waals surface area contributed by atoms with Crippen LogP contribution in [0.15, 0.2) is 77.8 Å². The highest BCUT2D eigenvalue weighted by molar-refractivity contribution is 6.33. The molecule has 0 aliphatic rings. The molecule has 0 spiro atoms. The second kappa shape index (κ2) is 10.5. The van der Waals surface area contributed by atoms with Gasteiger partial charge in [-0.15, -0.1) is 23.2 Å². The first-order valence-electron chi connectivity index (χ1n) is 9.08. The second-order valence-electron chi connectivity index (χ2n) is 6.21. The molecule has 144 valence electrons. The molecular weight excluding hydrogens is 411 g/mol. The normalized spacial score (nSPS) is 11.1. The minimum Gasteiger partial charge on any atom is -0.369 e. The number of anilines is 1. The molecule has 0 aliphatic heterocycles. The average Bonchev–Trinajstić information content (AvgIpc) is 2.73. The van der Waals surface area contributed by atoms with E-state index >= 15 is 0 Å². The maximum absolute atomic E-state index is 6.51. The van der Waals surface area contributed by atoms with Crippen LogP contribution in [-0.2, 0) is 0 Å². The smallest absolute Gasteiger partial charge is 0.0708 e. The first kappa shape index (κ1) is 20.7. The Balaban J connectivity index is 1.86. The molecule has 0 radical (unpaired) electrons. The van der Waals surface area contributed by atoms with Crippen molar-refractivity contribution in [3.05, 3.63) is 83.4 Å². The van der Waals surface area contributed by atoms with Crippen LogP contribution in [0.4, 0.5) is 11.4 Å². The highest BCUT2D eigenvalue weighted by Gasteiger charge is 2.08. The van der Waals surface area contributed by atoms with Crippen molar-refractivity contribution >= 4 is 52.4 Å². The highest BCUT2D eigenvalue weighted by Crippen LogP contribution is 2.30. The topological polar surface area (TPSA) is 15.6 Å². The molecule has 28 heavy (non-hydrogen) atoms. The van der Waals surface area contributed by atoms with Crippen LogP contribution in [0.1, 0.15) is 5.56 Å².